The van der Waals surface area contributed by atoms with Crippen molar-refractivity contribution < 1.29 is 4.57 Å². The second-order valence-corrected chi connectivity index (χ2v) is 12.4. The molecule has 0 atom stereocenters. The van der Waals surface area contributed by atoms with Gasteiger partial charge in [-0.2, -0.15) is 0 Å². The van der Waals surface area contributed by atoms with Gasteiger partial charge >= 0.3 is 0 Å². The zero-order valence-corrected chi connectivity index (χ0v) is 22.7. The average molecular weight is 473 g/mol. The number of hydrogen-bond donors (Lipinski definition) is 0. The molecule has 3 heteroatoms. The molecule has 0 unspecified atom stereocenters. The van der Waals surface area contributed by atoms with Crippen molar-refractivity contribution in [2.45, 2.75) is 60.4 Å². The molecule has 180 valence electrons. The predicted octanol–water partition coefficient (Wildman–Crippen LogP) is 8.17. The Bertz CT molecular complexity index is 1900. The fourth-order valence-electron chi connectivity index (χ4n) is 6.09. The van der Waals surface area contributed by atoms with Crippen molar-refractivity contribution in [2.24, 2.45) is 12.5 Å². The number of hydrogen-bond acceptors (Lipinski definition) is 0. The van der Waals surface area contributed by atoms with Gasteiger partial charge in [0.15, 0.2) is 6.20 Å². The summed E-state index contributed by atoms with van der Waals surface area (Å²) in [6.45, 7) is 23.3. The topological polar surface area (TPSA) is 12.7 Å². The third-order valence-electron chi connectivity index (χ3n) is 8.05. The second kappa shape index (κ2) is 7.20. The van der Waals surface area contributed by atoms with Gasteiger partial charge in [0.05, 0.1) is 27.3 Å². The largest absolute Gasteiger partial charge is 0.307 e. The van der Waals surface area contributed by atoms with E-state index >= 15 is 0 Å². The number of benzene rings is 3. The molecule has 0 aliphatic carbocycles. The Morgan fingerprint density at radius 1 is 0.889 bits per heavy atom. The van der Waals surface area contributed by atoms with E-state index in [0.717, 1.165) is 12.0 Å². The first-order valence-electron chi connectivity index (χ1n) is 12.8. The molecule has 0 bridgehead atoms. The van der Waals surface area contributed by atoms with Gasteiger partial charge in [0.25, 0.3) is 5.54 Å². The molecule has 0 N–H and O–H groups in total. The molecule has 0 saturated heterocycles. The van der Waals surface area contributed by atoms with Crippen LogP contribution in [0.15, 0.2) is 48.7 Å². The molecular formula is C33H34N3+. The number of pyridine rings is 2. The fraction of sp³-hybridized carbons (Fsp3) is 0.333. The molecule has 0 fully saturated rings. The minimum Gasteiger partial charge on any atom is -0.307 e. The molecule has 6 rings (SSSR count). The summed E-state index contributed by atoms with van der Waals surface area (Å²) in [5.74, 6) is 0. The Kier molecular flexibility index (Phi) is 4.56. The quantitative estimate of drug-likeness (QED) is 0.104. The Labute approximate surface area is 213 Å². The van der Waals surface area contributed by atoms with E-state index in [9.17, 15) is 0 Å². The first-order chi connectivity index (χ1) is 16.9. The highest BCUT2D eigenvalue weighted by Crippen LogP contribution is 2.43. The number of aryl methyl sites for hydroxylation is 3. The average Bonchev–Trinajstić information content (AvgIpc) is 3.12. The van der Waals surface area contributed by atoms with Crippen LogP contribution in [0.5, 0.6) is 0 Å². The normalized spacial score (nSPS) is 13.1. The molecule has 0 spiro atoms. The standard InChI is InChI=1S/C33H34N3/c1-19-14-25-24-11-10-21(18-32(3,4)5)15-26(24)36-27-17-23(33(6,7)34-8)16-22-12-13-35(9)31(29(22)27)28(20(19)2)30(25)36/h10-17H,18H2,1-7,9H3/q+1. The van der Waals surface area contributed by atoms with Crippen molar-refractivity contribution in [3.63, 3.8) is 0 Å². The van der Waals surface area contributed by atoms with Crippen molar-refractivity contribution in [1.82, 2.24) is 4.40 Å². The predicted molar refractivity (Wildman–Crippen MR) is 152 cm³/mol. The second-order valence-electron chi connectivity index (χ2n) is 12.4. The van der Waals surface area contributed by atoms with E-state index in [1.807, 2.05) is 13.8 Å². The van der Waals surface area contributed by atoms with E-state index in [1.165, 1.54) is 65.7 Å². The fourth-order valence-corrected chi connectivity index (χ4v) is 6.09. The van der Waals surface area contributed by atoms with Gasteiger partial charge in [-0.3, -0.25) is 0 Å². The van der Waals surface area contributed by atoms with Crippen LogP contribution < -0.4 is 4.57 Å². The highest BCUT2D eigenvalue weighted by atomic mass is 15.0. The van der Waals surface area contributed by atoms with Crippen LogP contribution >= 0.6 is 0 Å². The van der Waals surface area contributed by atoms with Crippen LogP contribution in [0.3, 0.4) is 0 Å². The smallest absolute Gasteiger partial charge is 0.252 e. The van der Waals surface area contributed by atoms with Crippen LogP contribution in [0.4, 0.5) is 0 Å². The van der Waals surface area contributed by atoms with Gasteiger partial charge in [0.2, 0.25) is 5.52 Å². The Morgan fingerprint density at radius 3 is 2.33 bits per heavy atom. The van der Waals surface area contributed by atoms with Gasteiger partial charge in [0.1, 0.15) is 7.05 Å². The maximum absolute atomic E-state index is 7.88. The number of nitrogens with zero attached hydrogens (tertiary/aromatic N) is 3. The van der Waals surface area contributed by atoms with Crippen molar-refractivity contribution in [1.29, 1.82) is 0 Å². The number of fused-ring (bicyclic) bond motifs is 5. The SMILES string of the molecule is [C-]#[N+]C(C)(C)c1cc2cc[n+](C)c3c4c(C)c(C)cc5c6ccc(CC(C)(C)C)cc6n(c(c1)c23)c54. The molecule has 0 aliphatic heterocycles. The summed E-state index contributed by atoms with van der Waals surface area (Å²) in [6, 6.07) is 16.1. The Morgan fingerprint density at radius 2 is 1.64 bits per heavy atom. The van der Waals surface area contributed by atoms with E-state index in [0.29, 0.717) is 0 Å². The van der Waals surface area contributed by atoms with E-state index in [2.05, 4.69) is 104 Å². The van der Waals surface area contributed by atoms with Gasteiger partial charge < -0.3 is 9.25 Å². The molecule has 0 radical (unpaired) electrons. The zero-order valence-electron chi connectivity index (χ0n) is 22.7. The van der Waals surface area contributed by atoms with Gasteiger partial charge in [-0.25, -0.2) is 11.1 Å². The lowest BCUT2D eigenvalue weighted by atomic mass is 9.88. The van der Waals surface area contributed by atoms with E-state index in [-0.39, 0.29) is 5.41 Å². The van der Waals surface area contributed by atoms with Gasteiger partial charge in [-0.05, 0) is 72.0 Å². The Hall–Kier alpha value is -3.64. The summed E-state index contributed by atoms with van der Waals surface area (Å²) in [4.78, 5) is 3.99. The summed E-state index contributed by atoms with van der Waals surface area (Å²) >= 11 is 0. The zero-order chi connectivity index (χ0) is 25.7. The minimum absolute atomic E-state index is 0.215. The van der Waals surface area contributed by atoms with Crippen LogP contribution in [0.2, 0.25) is 0 Å². The van der Waals surface area contributed by atoms with E-state index < -0.39 is 5.54 Å². The van der Waals surface area contributed by atoms with Gasteiger partial charge in [0, 0.05) is 36.2 Å². The molecule has 3 aromatic carbocycles. The van der Waals surface area contributed by atoms with Crippen molar-refractivity contribution >= 4 is 49.0 Å². The maximum atomic E-state index is 7.88. The highest BCUT2D eigenvalue weighted by Gasteiger charge is 2.30. The first kappa shape index (κ1) is 22.8. The van der Waals surface area contributed by atoms with Gasteiger partial charge in [-0.1, -0.05) is 32.9 Å². The Balaban J connectivity index is 1.95. The minimum atomic E-state index is -0.591. The third kappa shape index (κ3) is 3.07. The lowest BCUT2D eigenvalue weighted by Gasteiger charge is -2.19. The number of rotatable bonds is 2. The van der Waals surface area contributed by atoms with Crippen molar-refractivity contribution in [2.75, 3.05) is 0 Å². The number of aromatic nitrogens is 2. The third-order valence-corrected chi connectivity index (χ3v) is 8.05. The van der Waals surface area contributed by atoms with Crippen molar-refractivity contribution in [3.05, 3.63) is 82.3 Å². The summed E-state index contributed by atoms with van der Waals surface area (Å²) in [5.41, 5.74) is 9.71. The lowest BCUT2D eigenvalue weighted by molar-refractivity contribution is -0.643. The molecule has 3 nitrogen and oxygen atoms in total. The van der Waals surface area contributed by atoms with Crippen LogP contribution in [0.25, 0.3) is 53.8 Å². The molecular weight excluding hydrogens is 438 g/mol. The molecule has 3 aromatic heterocycles. The monoisotopic (exact) mass is 472 g/mol. The molecule has 0 saturated carbocycles. The van der Waals surface area contributed by atoms with Crippen LogP contribution in [-0.2, 0) is 19.0 Å². The summed E-state index contributed by atoms with van der Waals surface area (Å²) < 4.78 is 4.77. The van der Waals surface area contributed by atoms with Gasteiger partial charge in [-0.15, -0.1) is 0 Å². The molecule has 0 amide bonds. The highest BCUT2D eigenvalue weighted by molar-refractivity contribution is 6.26. The van der Waals surface area contributed by atoms with Crippen molar-refractivity contribution in [3.8, 4) is 0 Å². The molecule has 3 heterocycles. The summed E-state index contributed by atoms with van der Waals surface area (Å²) in [7, 11) is 2.16. The first-order valence-corrected chi connectivity index (χ1v) is 12.8. The van der Waals surface area contributed by atoms with Crippen LogP contribution in [0.1, 0.15) is 56.9 Å². The molecule has 36 heavy (non-hydrogen) atoms. The molecule has 0 aliphatic rings. The van der Waals surface area contributed by atoms with Crippen LogP contribution in [-0.4, -0.2) is 4.40 Å². The van der Waals surface area contributed by atoms with Crippen LogP contribution in [0, 0.1) is 25.8 Å². The molecule has 6 aromatic rings. The summed E-state index contributed by atoms with van der Waals surface area (Å²) in [5, 5.41) is 6.40. The maximum Gasteiger partial charge on any atom is 0.252 e. The van der Waals surface area contributed by atoms with E-state index in [4.69, 9.17) is 6.57 Å². The summed E-state index contributed by atoms with van der Waals surface area (Å²) in [6.07, 6.45) is 3.20. The lowest BCUT2D eigenvalue weighted by Crippen LogP contribution is -2.29. The van der Waals surface area contributed by atoms with E-state index in [1.54, 1.807) is 0 Å².